The number of aromatic amines is 1. The first-order chi connectivity index (χ1) is 13.2. The van der Waals surface area contributed by atoms with E-state index in [0.29, 0.717) is 6.54 Å². The largest absolute Gasteiger partial charge is 0.481 e. The average Bonchev–Trinajstić information content (AvgIpc) is 3.35. The van der Waals surface area contributed by atoms with Gasteiger partial charge in [-0.05, 0) is 35.6 Å². The van der Waals surface area contributed by atoms with E-state index in [-0.39, 0.29) is 17.3 Å². The van der Waals surface area contributed by atoms with Crippen LogP contribution in [-0.4, -0.2) is 29.1 Å². The summed E-state index contributed by atoms with van der Waals surface area (Å²) in [6.45, 7) is 1.33. The van der Waals surface area contributed by atoms with Crippen LogP contribution in [0.25, 0.3) is 10.9 Å². The SMILES string of the molecule is O=C(O)C12CNCC1C1(c3c[nH]c4ccccc34)CCC2c2ccccc21. The van der Waals surface area contributed by atoms with Crippen molar-refractivity contribution in [3.63, 3.8) is 0 Å². The van der Waals surface area contributed by atoms with Crippen LogP contribution < -0.4 is 5.32 Å². The van der Waals surface area contributed by atoms with Crippen LogP contribution in [0.15, 0.2) is 54.7 Å². The van der Waals surface area contributed by atoms with E-state index in [4.69, 9.17) is 0 Å². The summed E-state index contributed by atoms with van der Waals surface area (Å²) in [4.78, 5) is 16.1. The number of aromatic nitrogens is 1. The van der Waals surface area contributed by atoms with E-state index in [1.165, 1.54) is 22.1 Å². The fraction of sp³-hybridized carbons (Fsp3) is 0.348. The molecule has 4 atom stereocenters. The van der Waals surface area contributed by atoms with Gasteiger partial charge in [0, 0.05) is 47.4 Å². The molecule has 1 aliphatic heterocycles. The molecule has 1 aromatic heterocycles. The molecular weight excluding hydrogens is 336 g/mol. The van der Waals surface area contributed by atoms with Gasteiger partial charge in [-0.15, -0.1) is 0 Å². The molecule has 0 amide bonds. The van der Waals surface area contributed by atoms with Crippen molar-refractivity contribution >= 4 is 16.9 Å². The monoisotopic (exact) mass is 358 g/mol. The van der Waals surface area contributed by atoms with Gasteiger partial charge in [-0.2, -0.15) is 0 Å². The Morgan fingerprint density at radius 1 is 1.07 bits per heavy atom. The molecule has 2 bridgehead atoms. The van der Waals surface area contributed by atoms with Crippen LogP contribution in [-0.2, 0) is 10.2 Å². The summed E-state index contributed by atoms with van der Waals surface area (Å²) in [5.74, 6) is -0.477. The van der Waals surface area contributed by atoms with E-state index in [1.807, 2.05) is 6.07 Å². The van der Waals surface area contributed by atoms with Gasteiger partial charge in [0.1, 0.15) is 0 Å². The number of carboxylic acids is 1. The summed E-state index contributed by atoms with van der Waals surface area (Å²) < 4.78 is 0. The summed E-state index contributed by atoms with van der Waals surface area (Å²) in [6, 6.07) is 17.0. The van der Waals surface area contributed by atoms with Crippen molar-refractivity contribution in [3.8, 4) is 0 Å². The number of fused-ring (bicyclic) bond motifs is 2. The lowest BCUT2D eigenvalue weighted by molar-refractivity contribution is -0.157. The topological polar surface area (TPSA) is 65.1 Å². The molecule has 3 N–H and O–H groups in total. The van der Waals surface area contributed by atoms with Crippen molar-refractivity contribution in [2.24, 2.45) is 11.3 Å². The van der Waals surface area contributed by atoms with E-state index < -0.39 is 11.4 Å². The molecule has 3 aromatic rings. The van der Waals surface area contributed by atoms with Crippen LogP contribution in [0, 0.1) is 11.3 Å². The number of carbonyl (C=O) groups is 1. The molecule has 27 heavy (non-hydrogen) atoms. The molecule has 0 spiro atoms. The smallest absolute Gasteiger partial charge is 0.311 e. The third-order valence-corrected chi connectivity index (χ3v) is 7.72. The summed E-state index contributed by atoms with van der Waals surface area (Å²) in [6.07, 6.45) is 4.08. The maximum atomic E-state index is 12.7. The highest BCUT2D eigenvalue weighted by Gasteiger charge is 2.69. The molecule has 2 fully saturated rings. The normalized spacial score (nSPS) is 33.8. The Morgan fingerprint density at radius 2 is 1.89 bits per heavy atom. The number of H-pyrrole nitrogens is 1. The van der Waals surface area contributed by atoms with Crippen LogP contribution in [0.1, 0.15) is 35.4 Å². The zero-order valence-electron chi connectivity index (χ0n) is 15.0. The van der Waals surface area contributed by atoms with Gasteiger partial charge in [0.15, 0.2) is 0 Å². The first kappa shape index (κ1) is 15.5. The lowest BCUT2D eigenvalue weighted by Gasteiger charge is -2.59. The fourth-order valence-electron chi connectivity index (χ4n) is 6.76. The van der Waals surface area contributed by atoms with Gasteiger partial charge in [0.25, 0.3) is 0 Å². The van der Waals surface area contributed by atoms with Gasteiger partial charge in [-0.1, -0.05) is 42.5 Å². The highest BCUT2D eigenvalue weighted by Crippen LogP contribution is 2.68. The maximum absolute atomic E-state index is 12.7. The molecule has 4 unspecified atom stereocenters. The van der Waals surface area contributed by atoms with Crippen LogP contribution in [0.3, 0.4) is 0 Å². The van der Waals surface area contributed by atoms with Crippen LogP contribution >= 0.6 is 0 Å². The minimum Gasteiger partial charge on any atom is -0.481 e. The lowest BCUT2D eigenvalue weighted by atomic mass is 9.42. The Morgan fingerprint density at radius 3 is 2.78 bits per heavy atom. The summed E-state index contributed by atoms with van der Waals surface area (Å²) in [5.41, 5.74) is 4.01. The van der Waals surface area contributed by atoms with E-state index in [1.54, 1.807) is 0 Å². The van der Waals surface area contributed by atoms with Gasteiger partial charge in [0.2, 0.25) is 0 Å². The van der Waals surface area contributed by atoms with Gasteiger partial charge in [-0.3, -0.25) is 4.79 Å². The Hall–Kier alpha value is -2.59. The zero-order chi connectivity index (χ0) is 18.2. The van der Waals surface area contributed by atoms with Gasteiger partial charge in [0.05, 0.1) is 5.41 Å². The quantitative estimate of drug-likeness (QED) is 0.655. The summed E-state index contributed by atoms with van der Waals surface area (Å²) in [7, 11) is 0. The second-order valence-electron chi connectivity index (χ2n) is 8.43. The number of rotatable bonds is 2. The molecule has 4 nitrogen and oxygen atoms in total. The summed E-state index contributed by atoms with van der Waals surface area (Å²) >= 11 is 0. The highest BCUT2D eigenvalue weighted by molar-refractivity contribution is 5.87. The Bertz CT molecular complexity index is 1090. The minimum absolute atomic E-state index is 0.0651. The van der Waals surface area contributed by atoms with E-state index >= 15 is 0 Å². The maximum Gasteiger partial charge on any atom is 0.311 e. The van der Waals surface area contributed by atoms with Crippen molar-refractivity contribution in [3.05, 3.63) is 71.4 Å². The number of hydrogen-bond donors (Lipinski definition) is 3. The van der Waals surface area contributed by atoms with E-state index in [9.17, 15) is 9.90 Å². The van der Waals surface area contributed by atoms with Crippen molar-refractivity contribution in [1.29, 1.82) is 0 Å². The Balaban J connectivity index is 1.73. The highest BCUT2D eigenvalue weighted by atomic mass is 16.4. The predicted molar refractivity (Wildman–Crippen MR) is 104 cm³/mol. The lowest BCUT2D eigenvalue weighted by Crippen LogP contribution is -2.60. The average molecular weight is 358 g/mol. The second-order valence-corrected chi connectivity index (χ2v) is 8.43. The molecule has 3 aliphatic carbocycles. The number of aliphatic carboxylic acids is 1. The van der Waals surface area contributed by atoms with Gasteiger partial charge in [-0.25, -0.2) is 0 Å². The van der Waals surface area contributed by atoms with Crippen LogP contribution in [0.5, 0.6) is 0 Å². The number of hydrogen-bond acceptors (Lipinski definition) is 2. The molecule has 4 heteroatoms. The number of carboxylic acid groups (broad SMARTS) is 1. The summed E-state index contributed by atoms with van der Waals surface area (Å²) in [5, 5.41) is 15.1. The van der Waals surface area contributed by atoms with Crippen molar-refractivity contribution in [1.82, 2.24) is 10.3 Å². The van der Waals surface area contributed by atoms with Gasteiger partial charge >= 0.3 is 5.97 Å². The Kier molecular flexibility index (Phi) is 2.87. The molecule has 2 heterocycles. The number of benzene rings is 2. The Labute approximate surface area is 157 Å². The molecule has 7 rings (SSSR count). The van der Waals surface area contributed by atoms with Crippen LogP contribution in [0.4, 0.5) is 0 Å². The van der Waals surface area contributed by atoms with Crippen molar-refractivity contribution in [2.45, 2.75) is 24.2 Å². The minimum atomic E-state index is -0.717. The molecule has 1 saturated carbocycles. The number of nitrogens with one attached hydrogen (secondary N) is 2. The van der Waals surface area contributed by atoms with Crippen molar-refractivity contribution < 1.29 is 9.90 Å². The fourth-order valence-corrected chi connectivity index (χ4v) is 6.76. The van der Waals surface area contributed by atoms with Gasteiger partial charge < -0.3 is 15.4 Å². The third-order valence-electron chi connectivity index (χ3n) is 7.72. The first-order valence-corrected chi connectivity index (χ1v) is 9.80. The molecular formula is C23H22N2O2. The predicted octanol–water partition coefficient (Wildman–Crippen LogP) is 3.64. The van der Waals surface area contributed by atoms with Crippen molar-refractivity contribution in [2.75, 3.05) is 13.1 Å². The number of para-hydroxylation sites is 1. The standard InChI is InChI=1S/C23H22N2O2/c26-21(27)23-13-24-12-20(23)22(18-11-25-19-8-4-2-6-15(18)19)10-9-17(23)14-5-1-3-7-16(14)22/h1-8,11,17,20,24-25H,9-10,12-13H2,(H,26,27). The molecule has 1 saturated heterocycles. The third kappa shape index (κ3) is 1.62. The first-order valence-electron chi connectivity index (χ1n) is 9.80. The van der Waals surface area contributed by atoms with Crippen LogP contribution in [0.2, 0.25) is 0 Å². The zero-order valence-corrected chi connectivity index (χ0v) is 15.0. The molecule has 2 aromatic carbocycles. The molecule has 136 valence electrons. The molecule has 0 radical (unpaired) electrons. The molecule has 4 aliphatic rings. The second kappa shape index (κ2) is 5.02. The van der Waals surface area contributed by atoms with E-state index in [0.717, 1.165) is 24.9 Å². The van der Waals surface area contributed by atoms with E-state index in [2.05, 4.69) is 59.0 Å².